The molecule has 5 aliphatic carbocycles. The SMILES string of the molecule is COC(=O)[C@]12CCC(C)(C)C[C@H]1[C@]13O[C@H]1C=C1[C@@]4(C)C[C@@H](OC(C)=O)[C@H](OC(C)=O)C(C)(C)C4CC[C@@]1(C)[C@]3(C)CC2. The minimum atomic E-state index is -0.525. The quantitative estimate of drug-likeness (QED) is 0.160. The lowest BCUT2D eigenvalue weighted by molar-refractivity contribution is -0.219. The van der Waals surface area contributed by atoms with Gasteiger partial charge in [0.1, 0.15) is 23.9 Å². The van der Waals surface area contributed by atoms with E-state index < -0.39 is 28.6 Å². The number of epoxide rings is 1. The number of ether oxygens (including phenoxy) is 4. The van der Waals surface area contributed by atoms with Crippen LogP contribution in [0.5, 0.6) is 0 Å². The number of carbonyl (C=O) groups excluding carboxylic acids is 3. The number of fused-ring (bicyclic) bond motifs is 5. The first-order chi connectivity index (χ1) is 19.3. The minimum Gasteiger partial charge on any atom is -0.469 e. The fourth-order valence-corrected chi connectivity index (χ4v) is 12.0. The lowest BCUT2D eigenvalue weighted by atomic mass is 9.33. The molecular formula is C35H52O7. The Kier molecular flexibility index (Phi) is 6.35. The van der Waals surface area contributed by atoms with E-state index in [-0.39, 0.29) is 57.5 Å². The average Bonchev–Trinajstić information content (AvgIpc) is 3.61. The van der Waals surface area contributed by atoms with Gasteiger partial charge < -0.3 is 18.9 Å². The van der Waals surface area contributed by atoms with Gasteiger partial charge in [-0.05, 0) is 73.5 Å². The number of hydrogen-bond donors (Lipinski definition) is 0. The summed E-state index contributed by atoms with van der Waals surface area (Å²) in [5.74, 6) is -0.411. The van der Waals surface area contributed by atoms with Crippen LogP contribution in [0.1, 0.15) is 114 Å². The van der Waals surface area contributed by atoms with Crippen LogP contribution < -0.4 is 0 Å². The summed E-state index contributed by atoms with van der Waals surface area (Å²) < 4.78 is 24.4. The highest BCUT2D eigenvalue weighted by Gasteiger charge is 2.84. The second-order valence-corrected chi connectivity index (χ2v) is 16.9. The van der Waals surface area contributed by atoms with Gasteiger partial charge in [-0.3, -0.25) is 14.4 Å². The van der Waals surface area contributed by atoms with Gasteiger partial charge in [0, 0.05) is 30.6 Å². The molecule has 42 heavy (non-hydrogen) atoms. The Morgan fingerprint density at radius 3 is 2.10 bits per heavy atom. The average molecular weight is 585 g/mol. The van der Waals surface area contributed by atoms with Crippen molar-refractivity contribution in [2.24, 2.45) is 44.3 Å². The summed E-state index contributed by atoms with van der Waals surface area (Å²) in [6.07, 6.45) is 8.52. The number of rotatable bonds is 3. The van der Waals surface area contributed by atoms with Crippen molar-refractivity contribution in [3.8, 4) is 0 Å². The molecule has 6 rings (SSSR count). The molecule has 6 aliphatic rings. The molecule has 1 unspecified atom stereocenters. The van der Waals surface area contributed by atoms with E-state index in [2.05, 4.69) is 54.5 Å². The van der Waals surface area contributed by atoms with Gasteiger partial charge in [0.15, 0.2) is 0 Å². The van der Waals surface area contributed by atoms with Gasteiger partial charge in [0.2, 0.25) is 0 Å². The van der Waals surface area contributed by atoms with Gasteiger partial charge in [-0.25, -0.2) is 0 Å². The molecule has 0 aromatic carbocycles. The maximum Gasteiger partial charge on any atom is 0.312 e. The molecule has 4 saturated carbocycles. The Hall–Kier alpha value is -1.89. The standard InChI is InChI=1S/C35H52O7/c1-20(36)40-22-18-31(7)23(30(5,6)27(22)41-21(2)37)11-12-32(8)24(31)17-26-35(42-26)25-19-29(3,4)13-15-34(25,28(38)39-10)16-14-33(32,35)9/h17,22-23,25-27H,11-16,18-19H2,1-10H3/t22-,23?,25-,26+,27+,31+,32-,33+,34+,35+/m1/s1. The van der Waals surface area contributed by atoms with Crippen LogP contribution in [0.15, 0.2) is 11.6 Å². The van der Waals surface area contributed by atoms with E-state index in [1.165, 1.54) is 19.4 Å². The van der Waals surface area contributed by atoms with Crippen molar-refractivity contribution in [2.45, 2.75) is 138 Å². The molecule has 1 heterocycles. The molecule has 0 aromatic rings. The zero-order valence-electron chi connectivity index (χ0n) is 27.5. The van der Waals surface area contributed by atoms with Gasteiger partial charge in [-0.15, -0.1) is 0 Å². The topological polar surface area (TPSA) is 91.4 Å². The first-order valence-corrected chi connectivity index (χ1v) is 16.2. The van der Waals surface area contributed by atoms with Crippen molar-refractivity contribution in [1.82, 2.24) is 0 Å². The molecule has 0 bridgehead atoms. The molecule has 7 heteroatoms. The Bertz CT molecular complexity index is 1250. The van der Waals surface area contributed by atoms with Crippen molar-refractivity contribution < 1.29 is 33.3 Å². The summed E-state index contributed by atoms with van der Waals surface area (Å²) >= 11 is 0. The predicted octanol–water partition coefficient (Wildman–Crippen LogP) is 6.57. The van der Waals surface area contributed by atoms with Crippen LogP contribution in [0, 0.1) is 44.3 Å². The fourth-order valence-electron chi connectivity index (χ4n) is 12.0. The summed E-state index contributed by atoms with van der Waals surface area (Å²) in [6, 6.07) is 0. The summed E-state index contributed by atoms with van der Waals surface area (Å²) in [4.78, 5) is 38.2. The fraction of sp³-hybridized carbons (Fsp3) is 0.857. The highest BCUT2D eigenvalue weighted by Crippen LogP contribution is 2.81. The molecule has 10 atom stereocenters. The second kappa shape index (κ2) is 8.85. The Balaban J connectivity index is 1.47. The lowest BCUT2D eigenvalue weighted by Crippen LogP contribution is -2.69. The summed E-state index contributed by atoms with van der Waals surface area (Å²) in [5.41, 5.74) is -0.315. The third-order valence-corrected chi connectivity index (χ3v) is 14.1. The monoisotopic (exact) mass is 584 g/mol. The lowest BCUT2D eigenvalue weighted by Gasteiger charge is -2.70. The number of esters is 3. The predicted molar refractivity (Wildman–Crippen MR) is 157 cm³/mol. The summed E-state index contributed by atoms with van der Waals surface area (Å²) in [6.45, 7) is 19.2. The van der Waals surface area contributed by atoms with E-state index in [1.54, 1.807) is 7.11 Å². The Labute approximate surface area is 251 Å². The molecule has 5 fully saturated rings. The summed E-state index contributed by atoms with van der Waals surface area (Å²) in [5, 5.41) is 0. The molecule has 234 valence electrons. The molecule has 0 radical (unpaired) electrons. The van der Waals surface area contributed by atoms with E-state index in [4.69, 9.17) is 18.9 Å². The maximum atomic E-state index is 13.6. The number of carbonyl (C=O) groups is 3. The van der Waals surface area contributed by atoms with Crippen LogP contribution in [-0.2, 0) is 33.3 Å². The number of hydrogen-bond acceptors (Lipinski definition) is 7. The number of allylic oxidation sites excluding steroid dienone is 1. The van der Waals surface area contributed by atoms with Crippen LogP contribution in [0.3, 0.4) is 0 Å². The van der Waals surface area contributed by atoms with Crippen LogP contribution >= 0.6 is 0 Å². The van der Waals surface area contributed by atoms with Crippen molar-refractivity contribution >= 4 is 17.9 Å². The van der Waals surface area contributed by atoms with Gasteiger partial charge in [-0.2, -0.15) is 0 Å². The molecule has 1 aliphatic heterocycles. The molecule has 0 amide bonds. The van der Waals surface area contributed by atoms with E-state index in [0.29, 0.717) is 6.42 Å². The molecule has 0 aromatic heterocycles. The van der Waals surface area contributed by atoms with Crippen LogP contribution in [0.25, 0.3) is 0 Å². The Morgan fingerprint density at radius 1 is 0.833 bits per heavy atom. The van der Waals surface area contributed by atoms with Gasteiger partial charge in [0.25, 0.3) is 0 Å². The van der Waals surface area contributed by atoms with Crippen molar-refractivity contribution in [1.29, 1.82) is 0 Å². The first kappa shape index (κ1) is 30.1. The van der Waals surface area contributed by atoms with Crippen LogP contribution in [-0.4, -0.2) is 48.9 Å². The molecule has 1 spiro atoms. The summed E-state index contributed by atoms with van der Waals surface area (Å²) in [7, 11) is 1.54. The van der Waals surface area contributed by atoms with Crippen LogP contribution in [0.4, 0.5) is 0 Å². The highest BCUT2D eigenvalue weighted by molar-refractivity contribution is 5.78. The van der Waals surface area contributed by atoms with E-state index in [9.17, 15) is 14.4 Å². The smallest absolute Gasteiger partial charge is 0.312 e. The number of methoxy groups -OCH3 is 1. The zero-order valence-corrected chi connectivity index (χ0v) is 27.5. The van der Waals surface area contributed by atoms with Gasteiger partial charge >= 0.3 is 17.9 Å². The zero-order chi connectivity index (χ0) is 30.9. The third-order valence-electron chi connectivity index (χ3n) is 14.1. The highest BCUT2D eigenvalue weighted by atomic mass is 16.6. The maximum absolute atomic E-state index is 13.6. The molecule has 0 N–H and O–H groups in total. The first-order valence-electron chi connectivity index (χ1n) is 16.2. The normalized spacial score (nSPS) is 49.4. The molecular weight excluding hydrogens is 532 g/mol. The third kappa shape index (κ3) is 3.58. The molecule has 1 saturated heterocycles. The second-order valence-electron chi connectivity index (χ2n) is 16.9. The van der Waals surface area contributed by atoms with Crippen LogP contribution in [0.2, 0.25) is 0 Å². The van der Waals surface area contributed by atoms with Gasteiger partial charge in [-0.1, -0.05) is 60.1 Å². The van der Waals surface area contributed by atoms with E-state index in [1.807, 2.05) is 0 Å². The van der Waals surface area contributed by atoms with Gasteiger partial charge in [0.05, 0.1) is 12.5 Å². The molecule has 7 nitrogen and oxygen atoms in total. The van der Waals surface area contributed by atoms with E-state index >= 15 is 0 Å². The van der Waals surface area contributed by atoms with Crippen molar-refractivity contribution in [3.05, 3.63) is 11.6 Å². The largest absolute Gasteiger partial charge is 0.469 e. The van der Waals surface area contributed by atoms with Crippen molar-refractivity contribution in [2.75, 3.05) is 7.11 Å². The van der Waals surface area contributed by atoms with E-state index in [0.717, 1.165) is 44.9 Å². The minimum absolute atomic E-state index is 0.0501. The Morgan fingerprint density at radius 2 is 1.48 bits per heavy atom. The van der Waals surface area contributed by atoms with Crippen molar-refractivity contribution in [3.63, 3.8) is 0 Å².